The van der Waals surface area contributed by atoms with E-state index in [-0.39, 0.29) is 45.9 Å². The molecule has 0 atom stereocenters. The maximum absolute atomic E-state index is 10.7. The summed E-state index contributed by atoms with van der Waals surface area (Å²) in [5, 5.41) is 8.23. The van der Waals surface area contributed by atoms with Gasteiger partial charge >= 0.3 is 39.2 Å². The van der Waals surface area contributed by atoms with Crippen LogP contribution in [0.4, 0.5) is 0 Å². The van der Waals surface area contributed by atoms with Crippen LogP contribution in [0.1, 0.15) is 13.3 Å². The van der Waals surface area contributed by atoms with E-state index in [2.05, 4.69) is 11.3 Å². The van der Waals surface area contributed by atoms with Crippen LogP contribution in [0.15, 0.2) is 12.2 Å². The Labute approximate surface area is 90.8 Å². The number of hydrogen-bond donors (Lipinski definition) is 1. The zero-order valence-electron chi connectivity index (χ0n) is 7.00. The summed E-state index contributed by atoms with van der Waals surface area (Å²) < 4.78 is 4.50. The van der Waals surface area contributed by atoms with Crippen LogP contribution in [0.5, 0.6) is 0 Å². The van der Waals surface area contributed by atoms with E-state index in [4.69, 9.17) is 5.11 Å². The van der Waals surface area contributed by atoms with Gasteiger partial charge in [-0.2, -0.15) is 0 Å². The van der Waals surface area contributed by atoms with Gasteiger partial charge in [-0.1, -0.05) is 6.58 Å². The molecule has 0 aliphatic carbocycles. The molecular formula is C7H12O4Pb. The molecule has 0 aliphatic heterocycles. The summed E-state index contributed by atoms with van der Waals surface area (Å²) in [4.78, 5) is 20.7. The summed E-state index contributed by atoms with van der Waals surface area (Å²) in [7, 11) is 0. The molecule has 0 saturated heterocycles. The average molecular weight is 367 g/mol. The Morgan fingerprint density at radius 1 is 1.50 bits per heavy atom. The Kier molecular flexibility index (Phi) is 8.56. The first kappa shape index (κ1) is 14.1. The number of aliphatic carboxylic acids is 1. The zero-order chi connectivity index (χ0) is 8.85. The molecule has 0 bridgehead atoms. The molecule has 0 aromatic carbocycles. The molecule has 0 amide bonds. The molecule has 0 fully saturated rings. The third kappa shape index (κ3) is 6.32. The monoisotopic (exact) mass is 368 g/mol. The topological polar surface area (TPSA) is 63.6 Å². The molecule has 1 N–H and O–H groups in total. The van der Waals surface area contributed by atoms with Crippen molar-refractivity contribution in [2.75, 3.05) is 6.61 Å². The Bertz CT molecular complexity index is 188. The minimum atomic E-state index is -1.08. The fourth-order valence-electron chi connectivity index (χ4n) is 0.488. The van der Waals surface area contributed by atoms with Gasteiger partial charge in [0.2, 0.25) is 0 Å². The third-order valence-corrected chi connectivity index (χ3v) is 0.929. The molecule has 0 aromatic rings. The van der Waals surface area contributed by atoms with E-state index in [0.717, 1.165) is 0 Å². The van der Waals surface area contributed by atoms with Gasteiger partial charge in [-0.15, -0.1) is 0 Å². The zero-order valence-corrected chi connectivity index (χ0v) is 12.5. The molecule has 0 spiro atoms. The van der Waals surface area contributed by atoms with Crippen molar-refractivity contribution in [1.29, 1.82) is 0 Å². The first-order valence-corrected chi connectivity index (χ1v) is 3.14. The van der Waals surface area contributed by atoms with Crippen molar-refractivity contribution in [3.8, 4) is 0 Å². The van der Waals surface area contributed by atoms with E-state index in [1.54, 1.807) is 6.92 Å². The van der Waals surface area contributed by atoms with E-state index >= 15 is 0 Å². The van der Waals surface area contributed by atoms with Crippen molar-refractivity contribution in [3.05, 3.63) is 12.2 Å². The fourth-order valence-corrected chi connectivity index (χ4v) is 0.488. The number of carbonyl (C=O) groups excluding carboxylic acids is 1. The second-order valence-corrected chi connectivity index (χ2v) is 1.89. The number of carboxylic acids is 1. The van der Waals surface area contributed by atoms with Crippen LogP contribution in [-0.2, 0) is 14.3 Å². The second-order valence-electron chi connectivity index (χ2n) is 1.89. The average Bonchev–Trinajstić information content (AvgIpc) is 1.86. The predicted octanol–water partition coefficient (Wildman–Crippen LogP) is -0.336. The van der Waals surface area contributed by atoms with Crippen LogP contribution >= 0.6 is 0 Å². The summed E-state index contributed by atoms with van der Waals surface area (Å²) in [6.45, 7) is 5.14. The molecule has 4 nitrogen and oxygen atoms in total. The van der Waals surface area contributed by atoms with Gasteiger partial charge in [0.1, 0.15) is 0 Å². The van der Waals surface area contributed by atoms with Gasteiger partial charge in [-0.25, -0.2) is 4.79 Å². The van der Waals surface area contributed by atoms with Crippen molar-refractivity contribution >= 4 is 39.2 Å². The van der Waals surface area contributed by atoms with Gasteiger partial charge in [0.15, 0.2) is 0 Å². The summed E-state index contributed by atoms with van der Waals surface area (Å²) in [5.74, 6) is -1.72. The van der Waals surface area contributed by atoms with Crippen molar-refractivity contribution in [3.63, 3.8) is 0 Å². The van der Waals surface area contributed by atoms with Gasteiger partial charge in [0, 0.05) is 5.57 Å². The number of ether oxygens (including phenoxy) is 1. The van der Waals surface area contributed by atoms with Crippen LogP contribution < -0.4 is 0 Å². The van der Waals surface area contributed by atoms with E-state index < -0.39 is 11.9 Å². The quantitative estimate of drug-likeness (QED) is 0.420. The Hall–Kier alpha value is -0.398. The SMILES string of the molecule is C=C(CC(=O)O)C(=O)OCC.[PbH2]. The van der Waals surface area contributed by atoms with Gasteiger partial charge in [-0.05, 0) is 6.92 Å². The van der Waals surface area contributed by atoms with Gasteiger partial charge < -0.3 is 9.84 Å². The molecular weight excluding hydrogens is 355 g/mol. The molecule has 0 heterocycles. The number of esters is 1. The number of hydrogen-bond acceptors (Lipinski definition) is 3. The van der Waals surface area contributed by atoms with Gasteiger partial charge in [-0.3, -0.25) is 4.79 Å². The molecule has 0 aliphatic rings. The van der Waals surface area contributed by atoms with Crippen molar-refractivity contribution < 1.29 is 19.4 Å². The molecule has 2 radical (unpaired) electrons. The Morgan fingerprint density at radius 2 is 2.00 bits per heavy atom. The van der Waals surface area contributed by atoms with Crippen LogP contribution in [0.25, 0.3) is 0 Å². The maximum atomic E-state index is 10.7. The Balaban J connectivity index is 0. The van der Waals surface area contributed by atoms with Crippen LogP contribution in [-0.4, -0.2) is 51.0 Å². The molecule has 0 rings (SSSR count). The molecule has 0 aromatic heterocycles. The number of rotatable bonds is 4. The van der Waals surface area contributed by atoms with Gasteiger partial charge in [0.25, 0.3) is 0 Å². The fraction of sp³-hybridized carbons (Fsp3) is 0.429. The predicted molar refractivity (Wildman–Crippen MR) is 46.6 cm³/mol. The first-order chi connectivity index (χ1) is 5.07. The normalized spacial score (nSPS) is 8.08. The molecule has 0 unspecified atom stereocenters. The summed E-state index contributed by atoms with van der Waals surface area (Å²) in [6.07, 6.45) is -0.362. The minimum absolute atomic E-state index is 0. The van der Waals surface area contributed by atoms with Crippen molar-refractivity contribution in [2.24, 2.45) is 0 Å². The van der Waals surface area contributed by atoms with Crippen molar-refractivity contribution in [1.82, 2.24) is 0 Å². The van der Waals surface area contributed by atoms with E-state index in [9.17, 15) is 9.59 Å². The number of carboxylic acid groups (broad SMARTS) is 1. The van der Waals surface area contributed by atoms with E-state index in [0.29, 0.717) is 0 Å². The summed E-state index contributed by atoms with van der Waals surface area (Å²) in [6, 6.07) is 0. The summed E-state index contributed by atoms with van der Waals surface area (Å²) in [5.41, 5.74) is -0.0284. The molecule has 12 heavy (non-hydrogen) atoms. The molecule has 68 valence electrons. The van der Waals surface area contributed by atoms with Crippen molar-refractivity contribution in [2.45, 2.75) is 13.3 Å². The number of carbonyl (C=O) groups is 2. The van der Waals surface area contributed by atoms with Crippen LogP contribution in [0.2, 0.25) is 0 Å². The second kappa shape index (κ2) is 7.26. The van der Waals surface area contributed by atoms with E-state index in [1.807, 2.05) is 0 Å². The summed E-state index contributed by atoms with van der Waals surface area (Å²) >= 11 is 0. The van der Waals surface area contributed by atoms with E-state index in [1.165, 1.54) is 0 Å². The molecule has 5 heteroatoms. The molecule has 0 saturated carbocycles. The van der Waals surface area contributed by atoms with Gasteiger partial charge in [0.05, 0.1) is 13.0 Å². The van der Waals surface area contributed by atoms with Crippen LogP contribution in [0, 0.1) is 0 Å². The standard InChI is InChI=1S/C7H10O4.Pb.2H/c1-3-11-7(10)5(2)4-6(8)9;;;/h2-4H2,1H3,(H,8,9);;;. The van der Waals surface area contributed by atoms with Crippen LogP contribution in [0.3, 0.4) is 0 Å². The Morgan fingerprint density at radius 3 is 2.33 bits per heavy atom. The third-order valence-electron chi connectivity index (χ3n) is 0.929. The first-order valence-electron chi connectivity index (χ1n) is 3.14.